The first-order valence-corrected chi connectivity index (χ1v) is 30.2. The predicted octanol–water partition coefficient (Wildman–Crippen LogP) is 14.0. The van der Waals surface area contributed by atoms with Crippen LogP contribution in [0.3, 0.4) is 0 Å². The molecule has 14 nitrogen and oxygen atoms in total. The maximum Gasteiger partial charge on any atom is 0.261 e. The summed E-state index contributed by atoms with van der Waals surface area (Å²) in [5, 5.41) is 17.7. The second-order valence-electron chi connectivity index (χ2n) is 23.2. The van der Waals surface area contributed by atoms with Gasteiger partial charge in [-0.1, -0.05) is 89.5 Å². The van der Waals surface area contributed by atoms with Gasteiger partial charge < -0.3 is 9.97 Å². The number of nitrogens with zero attached hydrogens (tertiary/aromatic N) is 4. The van der Waals surface area contributed by atoms with Crippen LogP contribution in [0, 0.1) is 0 Å². The predicted molar refractivity (Wildman–Crippen MR) is 344 cm³/mol. The topological polar surface area (TPSA) is 188 Å². The van der Waals surface area contributed by atoms with Gasteiger partial charge in [0.1, 0.15) is 0 Å². The van der Waals surface area contributed by atoms with Gasteiger partial charge in [0.15, 0.2) is 0 Å². The van der Waals surface area contributed by atoms with Crippen molar-refractivity contribution in [3.8, 4) is 0 Å². The SMILES string of the molecule is CCC(CC)n1c(=O)c2ccc3c4c(Br)cc5c(=O)n(C(CC)CC)c(=O)c6cc7[nH]c8cc(c1=O)c2c3c8c7c4c56.CCC(CC)n1c(=O)c2ccc3c4ccc5c(=O)n(C(CC)CC)c(=O)c6cc7[nH]c8cc(c1=O)c2c3c8c7c4c56. The fourth-order valence-electron chi connectivity index (χ4n) is 15.7. The molecular formula is C68H57BrN6O8. The van der Waals surface area contributed by atoms with Crippen LogP contribution >= 0.6 is 15.9 Å². The van der Waals surface area contributed by atoms with Crippen LogP contribution in [-0.2, 0) is 0 Å². The van der Waals surface area contributed by atoms with Crippen LogP contribution < -0.4 is 44.5 Å². The Labute approximate surface area is 478 Å². The number of H-pyrrole nitrogens is 2. The third-order valence-electron chi connectivity index (χ3n) is 19.6. The Morgan fingerprint density at radius 1 is 0.277 bits per heavy atom. The minimum atomic E-state index is -0.276. The molecule has 16 rings (SSSR count). The number of rotatable bonds is 12. The lowest BCUT2D eigenvalue weighted by molar-refractivity contribution is 0.451. The molecule has 0 spiro atoms. The average Bonchev–Trinajstić information content (AvgIpc) is 2.13. The molecule has 0 bridgehead atoms. The summed E-state index contributed by atoms with van der Waals surface area (Å²) in [7, 11) is 0. The van der Waals surface area contributed by atoms with Gasteiger partial charge in [0.05, 0.1) is 21.5 Å². The summed E-state index contributed by atoms with van der Waals surface area (Å²) < 4.78 is 6.48. The quantitative estimate of drug-likeness (QED) is 0.0893. The van der Waals surface area contributed by atoms with Gasteiger partial charge in [-0.05, 0) is 116 Å². The molecule has 0 aliphatic carbocycles. The number of benzene rings is 10. The third-order valence-corrected chi connectivity index (χ3v) is 20.3. The summed E-state index contributed by atoms with van der Waals surface area (Å²) in [5.74, 6) is 0. The van der Waals surface area contributed by atoms with Crippen LogP contribution in [0.15, 0.2) is 110 Å². The Bertz CT molecular complexity index is 5740. The molecule has 0 radical (unpaired) electrons. The van der Waals surface area contributed by atoms with Crippen molar-refractivity contribution in [2.75, 3.05) is 0 Å². The van der Waals surface area contributed by atoms with Crippen molar-refractivity contribution in [3.05, 3.63) is 154 Å². The number of aromatic amines is 2. The molecule has 0 aliphatic heterocycles. The van der Waals surface area contributed by atoms with E-state index in [2.05, 4.69) is 25.9 Å². The van der Waals surface area contributed by atoms with E-state index in [1.54, 1.807) is 0 Å². The van der Waals surface area contributed by atoms with Gasteiger partial charge >= 0.3 is 0 Å². The summed E-state index contributed by atoms with van der Waals surface area (Å²) >= 11 is 3.80. The van der Waals surface area contributed by atoms with E-state index in [0.29, 0.717) is 116 Å². The van der Waals surface area contributed by atoms with Gasteiger partial charge in [-0.15, -0.1) is 0 Å². The number of halogens is 1. The van der Waals surface area contributed by atoms with Crippen LogP contribution in [0.4, 0.5) is 0 Å². The second-order valence-corrected chi connectivity index (χ2v) is 24.1. The van der Waals surface area contributed by atoms with Crippen molar-refractivity contribution in [3.63, 3.8) is 0 Å². The molecule has 0 unspecified atom stereocenters. The van der Waals surface area contributed by atoms with E-state index in [9.17, 15) is 38.4 Å². The smallest absolute Gasteiger partial charge is 0.261 e. The monoisotopic (exact) mass is 1160 g/mol. The normalized spacial score (nSPS) is 13.1. The number of aromatic nitrogens is 6. The summed E-state index contributed by atoms with van der Waals surface area (Å²) in [6, 6.07) is 20.0. The molecular weight excluding hydrogens is 1110 g/mol. The Hall–Kier alpha value is -8.56. The summed E-state index contributed by atoms with van der Waals surface area (Å²) in [5.41, 5.74) is 1.03. The molecule has 0 aliphatic rings. The minimum absolute atomic E-state index is 0.173. The van der Waals surface area contributed by atoms with Crippen molar-refractivity contribution >= 4 is 167 Å². The van der Waals surface area contributed by atoms with Gasteiger partial charge in [0.2, 0.25) is 0 Å². The summed E-state index contributed by atoms with van der Waals surface area (Å²) in [6.45, 7) is 16.0. The van der Waals surface area contributed by atoms with E-state index < -0.39 is 0 Å². The largest absolute Gasteiger partial charge is 0.354 e. The van der Waals surface area contributed by atoms with Crippen LogP contribution in [-0.4, -0.2) is 28.2 Å². The molecule has 6 aromatic heterocycles. The van der Waals surface area contributed by atoms with Crippen LogP contribution in [0.1, 0.15) is 131 Å². The fourth-order valence-corrected chi connectivity index (χ4v) is 16.3. The highest BCUT2D eigenvalue weighted by Crippen LogP contribution is 2.51. The first kappa shape index (κ1) is 51.3. The maximum absolute atomic E-state index is 14.0. The van der Waals surface area contributed by atoms with Crippen molar-refractivity contribution in [2.24, 2.45) is 0 Å². The van der Waals surface area contributed by atoms with Crippen molar-refractivity contribution in [2.45, 2.75) is 131 Å². The van der Waals surface area contributed by atoms with E-state index in [0.717, 1.165) is 91.2 Å². The molecule has 15 heteroatoms. The average molecular weight is 1170 g/mol. The Balaban J connectivity index is 0.000000142. The molecule has 2 N–H and O–H groups in total. The molecule has 0 saturated heterocycles. The molecule has 0 atom stereocenters. The Kier molecular flexibility index (Phi) is 11.0. The number of nitrogens with one attached hydrogen (secondary N) is 2. The van der Waals surface area contributed by atoms with Crippen molar-refractivity contribution in [1.29, 1.82) is 0 Å². The number of pyridine rings is 4. The van der Waals surface area contributed by atoms with E-state index in [1.807, 2.05) is 122 Å². The number of hydrogen-bond donors (Lipinski definition) is 2. The second kappa shape index (κ2) is 17.7. The lowest BCUT2D eigenvalue weighted by Crippen LogP contribution is -2.36. The van der Waals surface area contributed by atoms with E-state index in [-0.39, 0.29) is 68.6 Å². The summed E-state index contributed by atoms with van der Waals surface area (Å²) in [6.07, 6.45) is 5.49. The molecule has 16 aromatic rings. The van der Waals surface area contributed by atoms with Crippen LogP contribution in [0.25, 0.3) is 151 Å². The zero-order valence-electron chi connectivity index (χ0n) is 47.2. The van der Waals surface area contributed by atoms with Gasteiger partial charge in [0.25, 0.3) is 44.5 Å². The third kappa shape index (κ3) is 6.17. The summed E-state index contributed by atoms with van der Waals surface area (Å²) in [4.78, 5) is 118. The fraction of sp³-hybridized carbons (Fsp3) is 0.294. The van der Waals surface area contributed by atoms with E-state index in [1.165, 1.54) is 18.3 Å². The zero-order chi connectivity index (χ0) is 57.8. The van der Waals surface area contributed by atoms with Crippen molar-refractivity contribution < 1.29 is 0 Å². The highest BCUT2D eigenvalue weighted by atomic mass is 79.9. The molecule has 414 valence electrons. The van der Waals surface area contributed by atoms with Gasteiger partial charge in [-0.2, -0.15) is 0 Å². The molecule has 0 amide bonds. The maximum atomic E-state index is 14.0. The Morgan fingerprint density at radius 2 is 0.506 bits per heavy atom. The highest BCUT2D eigenvalue weighted by Gasteiger charge is 2.32. The van der Waals surface area contributed by atoms with Gasteiger partial charge in [-0.3, -0.25) is 56.6 Å². The zero-order valence-corrected chi connectivity index (χ0v) is 48.8. The van der Waals surface area contributed by atoms with Crippen molar-refractivity contribution in [1.82, 2.24) is 28.2 Å². The minimum Gasteiger partial charge on any atom is -0.354 e. The first-order chi connectivity index (χ1) is 40.1. The highest BCUT2D eigenvalue weighted by molar-refractivity contribution is 9.10. The van der Waals surface area contributed by atoms with Crippen LogP contribution in [0.5, 0.6) is 0 Å². The lowest BCUT2D eigenvalue weighted by atomic mass is 9.86. The Morgan fingerprint density at radius 3 is 0.807 bits per heavy atom. The number of fused-ring (bicyclic) bond motifs is 2. The molecule has 0 saturated carbocycles. The first-order valence-electron chi connectivity index (χ1n) is 29.4. The standard InChI is InChI=1S/C34H28BrN3O4.C34H29N3O4/c1-5-14(6-2)37-31(39)17-10-9-16-26-21(35)11-18-25-20(34(42)38(32(18)40)15(7-3)8-4)13-23-29(30(25)26)28-22(36-23)12-19(33(37)41)24(17)27(16)28;1-5-15(6-2)36-31(38)19-11-9-17-18-10-12-20-26-22(34(41)37(32(20)39)16(7-3)8-4)14-24-30(28(18)26)29-23(35-24)13-21(33(36)40)25(19)27(17)29/h9-15,36H,5-8H2,1-4H3;9-16,35H,5-8H2,1-4H3. The van der Waals surface area contributed by atoms with E-state index >= 15 is 0 Å². The van der Waals surface area contributed by atoms with Crippen LogP contribution in [0.2, 0.25) is 0 Å². The molecule has 0 fully saturated rings. The van der Waals surface area contributed by atoms with Gasteiger partial charge in [0, 0.05) is 142 Å². The van der Waals surface area contributed by atoms with E-state index in [4.69, 9.17) is 0 Å². The number of hydrogen-bond acceptors (Lipinski definition) is 8. The van der Waals surface area contributed by atoms with Gasteiger partial charge in [-0.25, -0.2) is 0 Å². The molecule has 6 heterocycles. The molecule has 10 aromatic carbocycles. The molecule has 83 heavy (non-hydrogen) atoms. The lowest BCUT2D eigenvalue weighted by Gasteiger charge is -2.21.